The number of ether oxygens (including phenoxy) is 1. The van der Waals surface area contributed by atoms with Gasteiger partial charge in [0.2, 0.25) is 19.3 Å². The molecule has 1 aromatic carbocycles. The van der Waals surface area contributed by atoms with Crippen LogP contribution in [0.4, 0.5) is 5.13 Å². The highest BCUT2D eigenvalue weighted by Gasteiger charge is 2.19. The predicted octanol–water partition coefficient (Wildman–Crippen LogP) is 2.25. The topological polar surface area (TPSA) is 98.3 Å². The van der Waals surface area contributed by atoms with Gasteiger partial charge in [0, 0.05) is 5.56 Å². The largest absolute Gasteiger partial charge is 0.495 e. The van der Waals surface area contributed by atoms with Crippen molar-refractivity contribution in [3.63, 3.8) is 0 Å². The average molecular weight is 362 g/mol. The fourth-order valence-electron chi connectivity index (χ4n) is 1.49. The minimum atomic E-state index is -3.44. The summed E-state index contributed by atoms with van der Waals surface area (Å²) in [6.45, 7) is 1.51. The van der Waals surface area contributed by atoms with Crippen LogP contribution in [0.1, 0.15) is 17.3 Å². The van der Waals surface area contributed by atoms with E-state index in [0.29, 0.717) is 16.3 Å². The highest BCUT2D eigenvalue weighted by Crippen LogP contribution is 2.26. The number of benzene rings is 1. The molecule has 0 bridgehead atoms. The second kappa shape index (κ2) is 6.59. The van der Waals surface area contributed by atoms with Gasteiger partial charge in [-0.1, -0.05) is 29.9 Å². The van der Waals surface area contributed by atoms with Gasteiger partial charge < -0.3 is 4.74 Å². The van der Waals surface area contributed by atoms with Crippen molar-refractivity contribution in [1.82, 2.24) is 10.2 Å². The minimum absolute atomic E-state index is 0.0797. The minimum Gasteiger partial charge on any atom is -0.495 e. The Morgan fingerprint density at radius 3 is 2.73 bits per heavy atom. The number of rotatable bonds is 5. The van der Waals surface area contributed by atoms with E-state index in [4.69, 9.17) is 16.3 Å². The summed E-state index contributed by atoms with van der Waals surface area (Å²) < 4.78 is 28.2. The number of anilines is 1. The molecule has 118 valence electrons. The molecule has 7 nitrogen and oxygen atoms in total. The molecule has 1 amide bonds. The first-order chi connectivity index (χ1) is 10.4. The molecule has 0 spiro atoms. The molecule has 10 heteroatoms. The van der Waals surface area contributed by atoms with Crippen LogP contribution >= 0.6 is 22.9 Å². The van der Waals surface area contributed by atoms with E-state index in [0.717, 1.165) is 11.3 Å². The Kier molecular flexibility index (Phi) is 4.99. The molecule has 0 saturated heterocycles. The number of nitrogens with zero attached hydrogens (tertiary/aromatic N) is 2. The fourth-order valence-corrected chi connectivity index (χ4v) is 3.73. The highest BCUT2D eigenvalue weighted by molar-refractivity contribution is 7.93. The Labute approximate surface area is 136 Å². The van der Waals surface area contributed by atoms with Gasteiger partial charge in [0.1, 0.15) is 5.75 Å². The molecule has 0 aliphatic heterocycles. The summed E-state index contributed by atoms with van der Waals surface area (Å²) in [6.07, 6.45) is 0. The predicted molar refractivity (Wildman–Crippen MR) is 83.6 cm³/mol. The van der Waals surface area contributed by atoms with Crippen LogP contribution in [-0.2, 0) is 9.84 Å². The molecule has 1 N–H and O–H groups in total. The summed E-state index contributed by atoms with van der Waals surface area (Å²) in [6, 6.07) is 4.54. The smallest absolute Gasteiger partial charge is 0.257 e. The first-order valence-corrected chi connectivity index (χ1v) is 8.93. The quantitative estimate of drug-likeness (QED) is 0.820. The molecular weight excluding hydrogens is 350 g/mol. The molecule has 2 aromatic rings. The van der Waals surface area contributed by atoms with Gasteiger partial charge in [0.25, 0.3) is 5.91 Å². The van der Waals surface area contributed by atoms with Crippen LogP contribution in [0.3, 0.4) is 0 Å². The monoisotopic (exact) mass is 361 g/mol. The van der Waals surface area contributed by atoms with E-state index in [9.17, 15) is 13.2 Å². The van der Waals surface area contributed by atoms with E-state index in [1.54, 1.807) is 6.07 Å². The van der Waals surface area contributed by atoms with Crippen LogP contribution in [0.15, 0.2) is 22.5 Å². The Balaban J connectivity index is 2.17. The molecule has 0 atom stereocenters. The first kappa shape index (κ1) is 16.7. The number of halogens is 1. The third kappa shape index (κ3) is 3.54. The van der Waals surface area contributed by atoms with E-state index in [1.165, 1.54) is 26.2 Å². The highest BCUT2D eigenvalue weighted by atomic mass is 35.5. The normalized spacial score (nSPS) is 11.2. The van der Waals surface area contributed by atoms with Crippen molar-refractivity contribution in [2.75, 3.05) is 18.2 Å². The number of hydrogen-bond donors (Lipinski definition) is 1. The van der Waals surface area contributed by atoms with E-state index >= 15 is 0 Å². The molecule has 1 aromatic heterocycles. The molecule has 0 radical (unpaired) electrons. The van der Waals surface area contributed by atoms with Crippen molar-refractivity contribution in [2.24, 2.45) is 0 Å². The number of sulfone groups is 1. The molecule has 22 heavy (non-hydrogen) atoms. The summed E-state index contributed by atoms with van der Waals surface area (Å²) in [5, 5.41) is 10.1. The maximum absolute atomic E-state index is 12.1. The number of carbonyl (C=O) groups is 1. The van der Waals surface area contributed by atoms with Gasteiger partial charge >= 0.3 is 0 Å². The second-order valence-corrected chi connectivity index (χ2v) is 7.92. The Bertz CT molecular complexity index is 804. The molecule has 0 saturated carbocycles. The molecule has 1 heterocycles. The van der Waals surface area contributed by atoms with Crippen molar-refractivity contribution in [3.8, 4) is 5.75 Å². The summed E-state index contributed by atoms with van der Waals surface area (Å²) in [4.78, 5) is 12.1. The van der Waals surface area contributed by atoms with Crippen LogP contribution < -0.4 is 10.1 Å². The number of aromatic nitrogens is 2. The van der Waals surface area contributed by atoms with Crippen molar-refractivity contribution in [2.45, 2.75) is 11.3 Å². The lowest BCUT2D eigenvalue weighted by Gasteiger charge is -2.05. The third-order valence-electron chi connectivity index (χ3n) is 2.69. The van der Waals surface area contributed by atoms with Gasteiger partial charge in [-0.05, 0) is 18.2 Å². The number of amides is 1. The Morgan fingerprint density at radius 2 is 2.14 bits per heavy atom. The van der Waals surface area contributed by atoms with Crippen molar-refractivity contribution >= 4 is 43.8 Å². The van der Waals surface area contributed by atoms with Gasteiger partial charge in [-0.25, -0.2) is 8.42 Å². The van der Waals surface area contributed by atoms with E-state index in [2.05, 4.69) is 15.5 Å². The summed E-state index contributed by atoms with van der Waals surface area (Å²) in [7, 11) is -1.97. The van der Waals surface area contributed by atoms with Crippen molar-refractivity contribution < 1.29 is 17.9 Å². The van der Waals surface area contributed by atoms with Crippen LogP contribution in [-0.4, -0.2) is 37.4 Å². The maximum atomic E-state index is 12.1. The van der Waals surface area contributed by atoms with Crippen LogP contribution in [0.25, 0.3) is 0 Å². The van der Waals surface area contributed by atoms with Crippen LogP contribution in [0.2, 0.25) is 5.02 Å². The standard InChI is InChI=1S/C12H12ClN3O4S2/c1-3-22(18,19)12-16-15-11(21-12)14-10(17)7-4-5-9(20-2)8(13)6-7/h4-6H,3H2,1-2H3,(H,14,15,17). The van der Waals surface area contributed by atoms with Crippen LogP contribution in [0.5, 0.6) is 5.75 Å². The van der Waals surface area contributed by atoms with Gasteiger partial charge in [0.15, 0.2) is 0 Å². The van der Waals surface area contributed by atoms with Crippen molar-refractivity contribution in [3.05, 3.63) is 28.8 Å². The average Bonchev–Trinajstić information content (AvgIpc) is 2.96. The number of methoxy groups -OCH3 is 1. The maximum Gasteiger partial charge on any atom is 0.257 e. The lowest BCUT2D eigenvalue weighted by atomic mass is 10.2. The summed E-state index contributed by atoms with van der Waals surface area (Å²) in [5.74, 6) is -0.101. The van der Waals surface area contributed by atoms with Gasteiger partial charge in [-0.2, -0.15) is 0 Å². The fraction of sp³-hybridized carbons (Fsp3) is 0.250. The number of hydrogen-bond acceptors (Lipinski definition) is 7. The lowest BCUT2D eigenvalue weighted by molar-refractivity contribution is 0.102. The van der Waals surface area contributed by atoms with E-state index < -0.39 is 15.7 Å². The van der Waals surface area contributed by atoms with E-state index in [1.807, 2.05) is 0 Å². The third-order valence-corrected chi connectivity index (χ3v) is 6.00. The van der Waals surface area contributed by atoms with Gasteiger partial charge in [-0.15, -0.1) is 10.2 Å². The zero-order valence-corrected chi connectivity index (χ0v) is 14.0. The van der Waals surface area contributed by atoms with E-state index in [-0.39, 0.29) is 15.2 Å². The number of carbonyl (C=O) groups excluding carboxylic acids is 1. The SMILES string of the molecule is CCS(=O)(=O)c1nnc(NC(=O)c2ccc(OC)c(Cl)c2)s1. The van der Waals surface area contributed by atoms with Crippen molar-refractivity contribution in [1.29, 1.82) is 0 Å². The molecule has 0 aliphatic rings. The molecule has 0 unspecified atom stereocenters. The number of nitrogens with one attached hydrogen (secondary N) is 1. The Morgan fingerprint density at radius 1 is 1.41 bits per heavy atom. The second-order valence-electron chi connectivity index (χ2n) is 4.08. The molecular formula is C12H12ClN3O4S2. The summed E-state index contributed by atoms with van der Waals surface area (Å²) >= 11 is 6.75. The summed E-state index contributed by atoms with van der Waals surface area (Å²) in [5.41, 5.74) is 0.292. The molecule has 0 aliphatic carbocycles. The Hall–Kier alpha value is -1.71. The molecule has 2 rings (SSSR count). The van der Waals surface area contributed by atoms with Gasteiger partial charge in [0.05, 0.1) is 17.9 Å². The first-order valence-electron chi connectivity index (χ1n) is 6.08. The van der Waals surface area contributed by atoms with Crippen LogP contribution in [0, 0.1) is 0 Å². The zero-order chi connectivity index (χ0) is 16.3. The zero-order valence-electron chi connectivity index (χ0n) is 11.7. The molecule has 0 fully saturated rings. The van der Waals surface area contributed by atoms with Gasteiger partial charge in [-0.3, -0.25) is 10.1 Å². The lowest BCUT2D eigenvalue weighted by Crippen LogP contribution is -2.11.